The average Bonchev–Trinajstić information content (AvgIpc) is 2.53. The van der Waals surface area contributed by atoms with E-state index < -0.39 is 0 Å². The van der Waals surface area contributed by atoms with E-state index in [4.69, 9.17) is 4.74 Å². The maximum absolute atomic E-state index is 12.4. The summed E-state index contributed by atoms with van der Waals surface area (Å²) in [6, 6.07) is 9.58. The van der Waals surface area contributed by atoms with E-state index in [1.165, 1.54) is 7.11 Å². The van der Waals surface area contributed by atoms with Crippen LogP contribution in [0.4, 0.5) is 4.79 Å². The quantitative estimate of drug-likeness (QED) is 0.851. The molecule has 0 aliphatic heterocycles. The van der Waals surface area contributed by atoms with Gasteiger partial charge in [-0.25, -0.2) is 4.79 Å². The summed E-state index contributed by atoms with van der Waals surface area (Å²) in [5.74, 6) is 0.137. The number of nitrogens with zero attached hydrogens (tertiary/aromatic N) is 1. The first-order valence-electron chi connectivity index (χ1n) is 7.61. The highest BCUT2D eigenvalue weighted by molar-refractivity contribution is 5.83. The van der Waals surface area contributed by atoms with Crippen LogP contribution in [0.1, 0.15) is 44.2 Å². The summed E-state index contributed by atoms with van der Waals surface area (Å²) in [6.07, 6.45) is 3.09. The van der Waals surface area contributed by atoms with Crippen molar-refractivity contribution in [1.82, 2.24) is 4.90 Å². The Hall–Kier alpha value is -1.84. The second kappa shape index (κ2) is 7.25. The van der Waals surface area contributed by atoms with Gasteiger partial charge in [0.1, 0.15) is 5.78 Å². The molecule has 0 aromatic heterocycles. The van der Waals surface area contributed by atoms with Crippen molar-refractivity contribution in [2.75, 3.05) is 13.7 Å². The molecule has 0 heterocycles. The third-order valence-electron chi connectivity index (χ3n) is 4.21. The Bertz CT molecular complexity index is 476. The van der Waals surface area contributed by atoms with Crippen LogP contribution < -0.4 is 0 Å². The smallest absolute Gasteiger partial charge is 0.410 e. The van der Waals surface area contributed by atoms with Gasteiger partial charge in [-0.3, -0.25) is 4.79 Å². The highest BCUT2D eigenvalue weighted by atomic mass is 16.5. The van der Waals surface area contributed by atoms with E-state index in [9.17, 15) is 9.59 Å². The first-order valence-corrected chi connectivity index (χ1v) is 7.61. The molecule has 0 saturated heterocycles. The van der Waals surface area contributed by atoms with Crippen LogP contribution >= 0.6 is 0 Å². The molecule has 0 bridgehead atoms. The molecular formula is C17H23NO3. The molecule has 114 valence electrons. The summed E-state index contributed by atoms with van der Waals surface area (Å²) in [5, 5.41) is 0. The van der Waals surface area contributed by atoms with Crippen LogP contribution in [0.15, 0.2) is 30.3 Å². The predicted octanol–water partition coefficient (Wildman–Crippen LogP) is 3.58. The largest absolute Gasteiger partial charge is 0.453 e. The molecule has 1 saturated carbocycles. The fraction of sp³-hybridized carbons (Fsp3) is 0.529. The number of carbonyl (C=O) groups excluding carboxylic acids is 2. The van der Waals surface area contributed by atoms with Gasteiger partial charge in [-0.15, -0.1) is 0 Å². The molecule has 1 aromatic carbocycles. The van der Waals surface area contributed by atoms with E-state index in [1.807, 2.05) is 37.3 Å². The Morgan fingerprint density at radius 2 is 2.05 bits per heavy atom. The number of carbonyl (C=O) groups is 2. The molecule has 1 aliphatic carbocycles. The Balaban J connectivity index is 2.38. The van der Waals surface area contributed by atoms with Gasteiger partial charge in [-0.1, -0.05) is 36.8 Å². The van der Waals surface area contributed by atoms with Crippen molar-refractivity contribution < 1.29 is 14.3 Å². The number of rotatable bonds is 4. The molecule has 2 rings (SSSR count). The number of benzene rings is 1. The van der Waals surface area contributed by atoms with Gasteiger partial charge in [0, 0.05) is 18.9 Å². The molecule has 2 atom stereocenters. The molecule has 1 aliphatic rings. The fourth-order valence-corrected chi connectivity index (χ4v) is 3.18. The first kappa shape index (κ1) is 15.5. The minimum absolute atomic E-state index is 0.125. The number of Topliss-reactive ketones (excluding diaryl/α,β-unsaturated/α-hetero) is 1. The zero-order chi connectivity index (χ0) is 15.2. The zero-order valence-electron chi connectivity index (χ0n) is 12.7. The average molecular weight is 289 g/mol. The van der Waals surface area contributed by atoms with E-state index in [0.29, 0.717) is 13.0 Å². The van der Waals surface area contributed by atoms with Gasteiger partial charge < -0.3 is 9.64 Å². The highest BCUT2D eigenvalue weighted by Gasteiger charge is 2.37. The standard InChI is InChI=1S/C17H23NO3/c1-3-18(17(20)21-2)16(13-9-5-4-6-10-13)14-11-7-8-12-15(14)19/h4-6,9-10,14,16H,3,7-8,11-12H2,1-2H3/t14-,16+/m1/s1. The Morgan fingerprint density at radius 1 is 1.33 bits per heavy atom. The summed E-state index contributed by atoms with van der Waals surface area (Å²) >= 11 is 0. The molecular weight excluding hydrogens is 266 g/mol. The number of ether oxygens (including phenoxy) is 1. The molecule has 0 radical (unpaired) electrons. The molecule has 21 heavy (non-hydrogen) atoms. The van der Waals surface area contributed by atoms with Crippen molar-refractivity contribution in [3.05, 3.63) is 35.9 Å². The molecule has 1 aromatic rings. The van der Waals surface area contributed by atoms with Gasteiger partial charge in [0.15, 0.2) is 0 Å². The lowest BCUT2D eigenvalue weighted by atomic mass is 9.79. The van der Waals surface area contributed by atoms with Gasteiger partial charge in [-0.05, 0) is 25.3 Å². The van der Waals surface area contributed by atoms with Crippen LogP contribution in [-0.4, -0.2) is 30.4 Å². The topological polar surface area (TPSA) is 46.6 Å². The van der Waals surface area contributed by atoms with Crippen LogP contribution in [0.5, 0.6) is 0 Å². The van der Waals surface area contributed by atoms with Crippen molar-refractivity contribution in [3.8, 4) is 0 Å². The van der Waals surface area contributed by atoms with E-state index in [0.717, 1.165) is 24.8 Å². The fourth-order valence-electron chi connectivity index (χ4n) is 3.18. The number of hydrogen-bond donors (Lipinski definition) is 0. The van der Waals surface area contributed by atoms with Crippen molar-refractivity contribution in [2.45, 2.75) is 38.6 Å². The van der Waals surface area contributed by atoms with Gasteiger partial charge in [-0.2, -0.15) is 0 Å². The van der Waals surface area contributed by atoms with Gasteiger partial charge >= 0.3 is 6.09 Å². The van der Waals surface area contributed by atoms with Crippen LogP contribution in [0, 0.1) is 5.92 Å². The maximum atomic E-state index is 12.4. The minimum atomic E-state index is -0.371. The Labute approximate surface area is 126 Å². The molecule has 4 nitrogen and oxygen atoms in total. The van der Waals surface area contributed by atoms with Gasteiger partial charge in [0.05, 0.1) is 13.2 Å². The number of hydrogen-bond acceptors (Lipinski definition) is 3. The number of ketones is 1. The maximum Gasteiger partial charge on any atom is 0.410 e. The lowest BCUT2D eigenvalue weighted by molar-refractivity contribution is -0.126. The highest BCUT2D eigenvalue weighted by Crippen LogP contribution is 2.36. The molecule has 0 spiro atoms. The normalized spacial score (nSPS) is 19.9. The zero-order valence-corrected chi connectivity index (χ0v) is 12.7. The summed E-state index contributed by atoms with van der Waals surface area (Å²) in [6.45, 7) is 2.44. The van der Waals surface area contributed by atoms with E-state index >= 15 is 0 Å². The van der Waals surface area contributed by atoms with Crippen LogP contribution in [-0.2, 0) is 9.53 Å². The van der Waals surface area contributed by atoms with Crippen molar-refractivity contribution in [3.63, 3.8) is 0 Å². The third-order valence-corrected chi connectivity index (χ3v) is 4.21. The van der Waals surface area contributed by atoms with Crippen molar-refractivity contribution in [1.29, 1.82) is 0 Å². The summed E-state index contributed by atoms with van der Waals surface area (Å²) < 4.78 is 4.91. The van der Waals surface area contributed by atoms with Gasteiger partial charge in [0.2, 0.25) is 0 Å². The van der Waals surface area contributed by atoms with Crippen LogP contribution in [0.3, 0.4) is 0 Å². The number of methoxy groups -OCH3 is 1. The monoisotopic (exact) mass is 289 g/mol. The number of amides is 1. The van der Waals surface area contributed by atoms with Crippen LogP contribution in [0.25, 0.3) is 0 Å². The van der Waals surface area contributed by atoms with E-state index in [2.05, 4.69) is 0 Å². The first-order chi connectivity index (χ1) is 10.2. The van der Waals surface area contributed by atoms with Crippen molar-refractivity contribution in [2.24, 2.45) is 5.92 Å². The van der Waals surface area contributed by atoms with Crippen molar-refractivity contribution >= 4 is 11.9 Å². The summed E-state index contributed by atoms with van der Waals surface area (Å²) in [7, 11) is 1.38. The third kappa shape index (κ3) is 3.43. The molecule has 1 amide bonds. The predicted molar refractivity (Wildman–Crippen MR) is 80.9 cm³/mol. The summed E-state index contributed by atoms with van der Waals surface area (Å²) in [4.78, 5) is 26.1. The molecule has 0 unspecified atom stereocenters. The van der Waals surface area contributed by atoms with E-state index in [-0.39, 0.29) is 23.8 Å². The Kier molecular flexibility index (Phi) is 5.37. The molecule has 0 N–H and O–H groups in total. The summed E-state index contributed by atoms with van der Waals surface area (Å²) in [5.41, 5.74) is 1.00. The second-order valence-corrected chi connectivity index (χ2v) is 5.43. The lowest BCUT2D eigenvalue weighted by Gasteiger charge is -2.37. The molecule has 1 fully saturated rings. The van der Waals surface area contributed by atoms with E-state index in [1.54, 1.807) is 4.90 Å². The lowest BCUT2D eigenvalue weighted by Crippen LogP contribution is -2.41. The SMILES string of the molecule is CCN(C(=O)OC)[C@@H](c1ccccc1)[C@@H]1CCCCC1=O. The molecule has 4 heteroatoms. The van der Waals surface area contributed by atoms with Crippen LogP contribution in [0.2, 0.25) is 0 Å². The van der Waals surface area contributed by atoms with Gasteiger partial charge in [0.25, 0.3) is 0 Å². The minimum Gasteiger partial charge on any atom is -0.453 e. The Morgan fingerprint density at radius 3 is 2.62 bits per heavy atom. The second-order valence-electron chi connectivity index (χ2n) is 5.43.